The van der Waals surface area contributed by atoms with Crippen LogP contribution in [0.15, 0.2) is 78.9 Å². The van der Waals surface area contributed by atoms with E-state index in [9.17, 15) is 4.79 Å². The smallest absolute Gasteiger partial charge is 0.262 e. The van der Waals surface area contributed by atoms with Gasteiger partial charge in [0.15, 0.2) is 6.61 Å². The van der Waals surface area contributed by atoms with Gasteiger partial charge in [-0.05, 0) is 52.9 Å². The lowest BCUT2D eigenvalue weighted by molar-refractivity contribution is -0.118. The average Bonchev–Trinajstić information content (AvgIpc) is 2.72. The molecular weight excluding hydrogens is 362 g/mol. The molecule has 0 spiro atoms. The Morgan fingerprint density at radius 2 is 1.38 bits per heavy atom. The Morgan fingerprint density at radius 1 is 0.793 bits per heavy atom. The summed E-state index contributed by atoms with van der Waals surface area (Å²) in [5.74, 6) is 1.22. The molecule has 0 radical (unpaired) electrons. The van der Waals surface area contributed by atoms with Crippen LogP contribution >= 0.6 is 0 Å². The van der Waals surface area contributed by atoms with Crippen molar-refractivity contribution in [1.82, 2.24) is 0 Å². The Kier molecular flexibility index (Phi) is 6.55. The molecule has 0 fully saturated rings. The number of rotatable bonds is 7. The standard InChI is InChI=1S/C25H27NO3/c1-25(2,3)20-9-13-22(14-10-20)29-18-24(27)26-21-11-15-23(16-12-21)28-17-19-7-5-4-6-8-19/h4-16H,17-18H2,1-3H3,(H,26,27). The summed E-state index contributed by atoms with van der Waals surface area (Å²) in [5, 5.41) is 2.83. The van der Waals surface area contributed by atoms with E-state index in [0.717, 1.165) is 11.3 Å². The van der Waals surface area contributed by atoms with Crippen LogP contribution < -0.4 is 14.8 Å². The molecule has 0 aliphatic rings. The van der Waals surface area contributed by atoms with Crippen molar-refractivity contribution in [2.24, 2.45) is 0 Å². The molecule has 29 heavy (non-hydrogen) atoms. The molecule has 0 aliphatic heterocycles. The molecule has 0 saturated heterocycles. The second-order valence-electron chi connectivity index (χ2n) is 7.91. The predicted octanol–water partition coefficient (Wildman–Crippen LogP) is 5.58. The summed E-state index contributed by atoms with van der Waals surface area (Å²) in [7, 11) is 0. The van der Waals surface area contributed by atoms with Crippen molar-refractivity contribution in [1.29, 1.82) is 0 Å². The van der Waals surface area contributed by atoms with Gasteiger partial charge in [0.05, 0.1) is 0 Å². The summed E-state index contributed by atoms with van der Waals surface area (Å²) >= 11 is 0. The molecule has 0 unspecified atom stereocenters. The molecule has 0 saturated carbocycles. The van der Waals surface area contributed by atoms with E-state index in [1.165, 1.54) is 5.56 Å². The van der Waals surface area contributed by atoms with E-state index in [0.29, 0.717) is 18.0 Å². The quantitative estimate of drug-likeness (QED) is 0.574. The molecular formula is C25H27NO3. The number of benzene rings is 3. The number of hydrogen-bond acceptors (Lipinski definition) is 3. The Balaban J connectivity index is 1.45. The Bertz CT molecular complexity index is 911. The maximum Gasteiger partial charge on any atom is 0.262 e. The van der Waals surface area contributed by atoms with Crippen LogP contribution in [0.25, 0.3) is 0 Å². The fourth-order valence-electron chi connectivity index (χ4n) is 2.77. The summed E-state index contributed by atoms with van der Waals surface area (Å²) < 4.78 is 11.3. The van der Waals surface area contributed by atoms with E-state index in [1.54, 1.807) is 0 Å². The SMILES string of the molecule is CC(C)(C)c1ccc(OCC(=O)Nc2ccc(OCc3ccccc3)cc2)cc1. The molecule has 4 nitrogen and oxygen atoms in total. The summed E-state index contributed by atoms with van der Waals surface area (Å²) in [6.45, 7) is 6.95. The number of carbonyl (C=O) groups excluding carboxylic acids is 1. The minimum absolute atomic E-state index is 0.0406. The van der Waals surface area contributed by atoms with Gasteiger partial charge in [-0.1, -0.05) is 63.2 Å². The normalized spacial score (nSPS) is 11.0. The average molecular weight is 389 g/mol. The van der Waals surface area contributed by atoms with E-state index in [-0.39, 0.29) is 17.9 Å². The van der Waals surface area contributed by atoms with Gasteiger partial charge in [-0.3, -0.25) is 4.79 Å². The second kappa shape index (κ2) is 9.28. The van der Waals surface area contributed by atoms with Gasteiger partial charge < -0.3 is 14.8 Å². The topological polar surface area (TPSA) is 47.6 Å². The molecule has 3 rings (SSSR count). The van der Waals surface area contributed by atoms with Gasteiger partial charge >= 0.3 is 0 Å². The fourth-order valence-corrected chi connectivity index (χ4v) is 2.77. The largest absolute Gasteiger partial charge is 0.489 e. The van der Waals surface area contributed by atoms with Gasteiger partial charge in [-0.2, -0.15) is 0 Å². The molecule has 3 aromatic carbocycles. The van der Waals surface area contributed by atoms with Crippen LogP contribution in [-0.4, -0.2) is 12.5 Å². The molecule has 0 aromatic heterocycles. The highest BCUT2D eigenvalue weighted by Gasteiger charge is 2.13. The van der Waals surface area contributed by atoms with Crippen LogP contribution in [0, 0.1) is 0 Å². The van der Waals surface area contributed by atoms with Crippen molar-refractivity contribution in [2.45, 2.75) is 32.8 Å². The number of nitrogens with one attached hydrogen (secondary N) is 1. The Hall–Kier alpha value is -3.27. The fraction of sp³-hybridized carbons (Fsp3) is 0.240. The lowest BCUT2D eigenvalue weighted by Gasteiger charge is -2.19. The first-order valence-corrected chi connectivity index (χ1v) is 9.70. The molecule has 1 N–H and O–H groups in total. The molecule has 1 amide bonds. The third-order valence-corrected chi connectivity index (χ3v) is 4.48. The Labute approximate surface area is 172 Å². The Morgan fingerprint density at radius 3 is 2.00 bits per heavy atom. The first-order valence-electron chi connectivity index (χ1n) is 9.70. The van der Waals surface area contributed by atoms with Gasteiger partial charge in [0.1, 0.15) is 18.1 Å². The highest BCUT2D eigenvalue weighted by molar-refractivity contribution is 5.91. The number of anilines is 1. The van der Waals surface area contributed by atoms with Crippen LogP contribution in [0.4, 0.5) is 5.69 Å². The number of carbonyl (C=O) groups is 1. The van der Waals surface area contributed by atoms with E-state index in [4.69, 9.17) is 9.47 Å². The van der Waals surface area contributed by atoms with Crippen LogP contribution in [0.1, 0.15) is 31.9 Å². The number of hydrogen-bond donors (Lipinski definition) is 1. The number of ether oxygens (including phenoxy) is 2. The zero-order valence-electron chi connectivity index (χ0n) is 17.1. The summed E-state index contributed by atoms with van der Waals surface area (Å²) in [5.41, 5.74) is 3.13. The van der Waals surface area contributed by atoms with E-state index in [2.05, 4.69) is 26.1 Å². The first-order chi connectivity index (χ1) is 13.9. The van der Waals surface area contributed by atoms with E-state index >= 15 is 0 Å². The van der Waals surface area contributed by atoms with Gasteiger partial charge in [0.25, 0.3) is 5.91 Å². The molecule has 4 heteroatoms. The zero-order chi connectivity index (χ0) is 20.7. The first kappa shape index (κ1) is 20.5. The highest BCUT2D eigenvalue weighted by Crippen LogP contribution is 2.24. The van der Waals surface area contributed by atoms with Gasteiger partial charge in [0.2, 0.25) is 0 Å². The van der Waals surface area contributed by atoms with E-state index in [1.807, 2.05) is 78.9 Å². The van der Waals surface area contributed by atoms with Crippen LogP contribution in [-0.2, 0) is 16.8 Å². The molecule has 3 aromatic rings. The summed E-state index contributed by atoms with van der Waals surface area (Å²) in [6.07, 6.45) is 0. The van der Waals surface area contributed by atoms with E-state index < -0.39 is 0 Å². The second-order valence-corrected chi connectivity index (χ2v) is 7.91. The summed E-state index contributed by atoms with van der Waals surface area (Å²) in [6, 6.07) is 25.1. The van der Waals surface area contributed by atoms with Crippen LogP contribution in [0.3, 0.4) is 0 Å². The molecule has 0 aliphatic carbocycles. The molecule has 0 heterocycles. The highest BCUT2D eigenvalue weighted by atomic mass is 16.5. The minimum Gasteiger partial charge on any atom is -0.489 e. The van der Waals surface area contributed by atoms with Crippen LogP contribution in [0.2, 0.25) is 0 Å². The maximum atomic E-state index is 12.1. The third-order valence-electron chi connectivity index (χ3n) is 4.48. The van der Waals surface area contributed by atoms with Crippen molar-refractivity contribution >= 4 is 11.6 Å². The van der Waals surface area contributed by atoms with Gasteiger partial charge in [-0.15, -0.1) is 0 Å². The monoisotopic (exact) mass is 389 g/mol. The van der Waals surface area contributed by atoms with Crippen molar-refractivity contribution in [3.8, 4) is 11.5 Å². The van der Waals surface area contributed by atoms with Crippen molar-refractivity contribution < 1.29 is 14.3 Å². The van der Waals surface area contributed by atoms with Crippen molar-refractivity contribution in [3.05, 3.63) is 90.0 Å². The molecule has 150 valence electrons. The lowest BCUT2D eigenvalue weighted by Crippen LogP contribution is -2.20. The lowest BCUT2D eigenvalue weighted by atomic mass is 9.87. The molecule has 0 bridgehead atoms. The summed E-state index contributed by atoms with van der Waals surface area (Å²) in [4.78, 5) is 12.1. The molecule has 0 atom stereocenters. The van der Waals surface area contributed by atoms with Crippen LogP contribution in [0.5, 0.6) is 11.5 Å². The van der Waals surface area contributed by atoms with Gasteiger partial charge in [-0.25, -0.2) is 0 Å². The minimum atomic E-state index is -0.206. The van der Waals surface area contributed by atoms with Crippen molar-refractivity contribution in [3.63, 3.8) is 0 Å². The number of amides is 1. The zero-order valence-corrected chi connectivity index (χ0v) is 17.1. The van der Waals surface area contributed by atoms with Crippen molar-refractivity contribution in [2.75, 3.05) is 11.9 Å². The maximum absolute atomic E-state index is 12.1. The van der Waals surface area contributed by atoms with Gasteiger partial charge in [0, 0.05) is 5.69 Å². The third kappa shape index (κ3) is 6.39. The predicted molar refractivity (Wildman–Crippen MR) is 116 cm³/mol.